The van der Waals surface area contributed by atoms with E-state index in [4.69, 9.17) is 0 Å². The molecule has 0 aliphatic heterocycles. The summed E-state index contributed by atoms with van der Waals surface area (Å²) in [5.74, 6) is 0.302. The van der Waals surface area contributed by atoms with E-state index in [2.05, 4.69) is 26.1 Å². The van der Waals surface area contributed by atoms with Crippen molar-refractivity contribution in [2.45, 2.75) is 108 Å². The predicted octanol–water partition coefficient (Wildman–Crippen LogP) is 5.77. The Morgan fingerprint density at radius 1 is 0.750 bits per heavy atom. The molecule has 0 saturated heterocycles. The van der Waals surface area contributed by atoms with E-state index in [1.165, 1.54) is 0 Å². The van der Waals surface area contributed by atoms with Gasteiger partial charge >= 0.3 is 0 Å². The van der Waals surface area contributed by atoms with Crippen molar-refractivity contribution in [1.29, 1.82) is 0 Å². The number of nitrogens with one attached hydrogen (secondary N) is 1. The predicted molar refractivity (Wildman–Crippen MR) is 105 cm³/mol. The van der Waals surface area contributed by atoms with Gasteiger partial charge in [0.25, 0.3) is 0 Å². The third-order valence-electron chi connectivity index (χ3n) is 4.00. The zero-order chi connectivity index (χ0) is 20.0. The fraction of sp³-hybridized carbons (Fsp3) is 0.905. The van der Waals surface area contributed by atoms with Crippen LogP contribution < -0.4 is 5.32 Å². The lowest BCUT2D eigenvalue weighted by Gasteiger charge is -2.38. The smallest absolute Gasteiger partial charge is 0.226 e. The number of carbonyl (C=O) groups is 2. The number of ketones is 1. The van der Waals surface area contributed by atoms with E-state index in [0.29, 0.717) is 12.8 Å². The topological polar surface area (TPSA) is 46.2 Å². The van der Waals surface area contributed by atoms with Gasteiger partial charge in [0, 0.05) is 22.8 Å². The first-order valence-corrected chi connectivity index (χ1v) is 9.38. The minimum absolute atomic E-state index is 0.0622. The van der Waals surface area contributed by atoms with Crippen LogP contribution in [0, 0.1) is 16.2 Å². The molecule has 0 heterocycles. The van der Waals surface area contributed by atoms with Crippen molar-refractivity contribution < 1.29 is 9.59 Å². The molecule has 0 atom stereocenters. The maximum Gasteiger partial charge on any atom is 0.226 e. The summed E-state index contributed by atoms with van der Waals surface area (Å²) in [4.78, 5) is 24.8. The summed E-state index contributed by atoms with van der Waals surface area (Å²) in [7, 11) is 0. The molecule has 0 bridgehead atoms. The van der Waals surface area contributed by atoms with Crippen molar-refractivity contribution in [3.8, 4) is 0 Å². The molecule has 0 aliphatic rings. The Bertz CT molecular complexity index is 412. The molecule has 0 fully saturated rings. The first kappa shape index (κ1) is 25.4. The van der Waals surface area contributed by atoms with Crippen LogP contribution in [0.5, 0.6) is 0 Å². The second-order valence-electron chi connectivity index (χ2n) is 9.80. The molecule has 0 rings (SSSR count). The molecular weight excluding hydrogens is 298 g/mol. The highest BCUT2D eigenvalue weighted by atomic mass is 16.2. The average molecular weight is 342 g/mol. The molecular formula is C21H43NO2. The highest BCUT2D eigenvalue weighted by Gasteiger charge is 2.38. The van der Waals surface area contributed by atoms with Gasteiger partial charge in [-0.25, -0.2) is 0 Å². The van der Waals surface area contributed by atoms with Gasteiger partial charge in [0.2, 0.25) is 5.91 Å². The maximum atomic E-state index is 12.7. The van der Waals surface area contributed by atoms with E-state index < -0.39 is 16.4 Å². The third-order valence-corrected chi connectivity index (χ3v) is 4.00. The Balaban J connectivity index is 0. The quantitative estimate of drug-likeness (QED) is 0.639. The van der Waals surface area contributed by atoms with Gasteiger partial charge in [-0.2, -0.15) is 0 Å². The number of rotatable bonds is 7. The van der Waals surface area contributed by atoms with E-state index in [9.17, 15) is 9.59 Å². The standard InChI is InChI=1S/C19H37NO2.C2H6/c1-11-14(21)17(5,6)13-19(9,10)20-15(22)18(7,8)12-16(2,3)4;1-2/h11-13H2,1-10H3,(H,20,22);1-2H3. The molecule has 0 saturated carbocycles. The molecule has 0 aromatic heterocycles. The highest BCUT2D eigenvalue weighted by molar-refractivity contribution is 5.85. The lowest BCUT2D eigenvalue weighted by atomic mass is 9.73. The van der Waals surface area contributed by atoms with E-state index in [1.54, 1.807) is 0 Å². The summed E-state index contributed by atoms with van der Waals surface area (Å²) in [6, 6.07) is 0. The van der Waals surface area contributed by atoms with Gasteiger partial charge in [0.1, 0.15) is 5.78 Å². The van der Waals surface area contributed by atoms with Crippen LogP contribution >= 0.6 is 0 Å². The van der Waals surface area contributed by atoms with Crippen molar-refractivity contribution in [2.24, 2.45) is 16.2 Å². The molecule has 144 valence electrons. The van der Waals surface area contributed by atoms with Crippen LogP contribution in [0.3, 0.4) is 0 Å². The SMILES string of the molecule is CC.CCC(=O)C(C)(C)CC(C)(C)NC(=O)C(C)(C)CC(C)(C)C. The average Bonchev–Trinajstić information content (AvgIpc) is 2.35. The zero-order valence-electron chi connectivity index (χ0n) is 18.4. The molecule has 0 aromatic rings. The Morgan fingerprint density at radius 3 is 1.50 bits per heavy atom. The molecule has 1 amide bonds. The third kappa shape index (κ3) is 9.44. The summed E-state index contributed by atoms with van der Waals surface area (Å²) in [6.07, 6.45) is 2.00. The molecule has 3 heteroatoms. The van der Waals surface area contributed by atoms with Crippen LogP contribution in [0.2, 0.25) is 0 Å². The van der Waals surface area contributed by atoms with Crippen molar-refractivity contribution in [2.75, 3.05) is 0 Å². The van der Waals surface area contributed by atoms with E-state index in [0.717, 1.165) is 6.42 Å². The van der Waals surface area contributed by atoms with E-state index in [-0.39, 0.29) is 17.1 Å². The van der Waals surface area contributed by atoms with Crippen LogP contribution in [0.15, 0.2) is 0 Å². The monoisotopic (exact) mass is 341 g/mol. The van der Waals surface area contributed by atoms with Gasteiger partial charge in [0.05, 0.1) is 0 Å². The summed E-state index contributed by atoms with van der Waals surface area (Å²) in [5, 5.41) is 3.16. The second kappa shape index (κ2) is 9.01. The highest BCUT2D eigenvalue weighted by Crippen LogP contribution is 2.35. The van der Waals surface area contributed by atoms with Gasteiger partial charge in [-0.1, -0.05) is 69.2 Å². The Morgan fingerprint density at radius 2 is 1.17 bits per heavy atom. The minimum Gasteiger partial charge on any atom is -0.351 e. The molecule has 0 unspecified atom stereocenters. The molecule has 0 radical (unpaired) electrons. The first-order valence-electron chi connectivity index (χ1n) is 9.38. The van der Waals surface area contributed by atoms with Gasteiger partial charge in [0.15, 0.2) is 0 Å². The minimum atomic E-state index is -0.422. The summed E-state index contributed by atoms with van der Waals surface area (Å²) >= 11 is 0. The Hall–Kier alpha value is -0.860. The van der Waals surface area contributed by atoms with Crippen molar-refractivity contribution in [3.05, 3.63) is 0 Å². The van der Waals surface area contributed by atoms with Crippen LogP contribution in [0.1, 0.15) is 102 Å². The molecule has 0 aliphatic carbocycles. The number of hydrogen-bond donors (Lipinski definition) is 1. The Kier molecular flexibility index (Phi) is 9.53. The number of hydrogen-bond acceptors (Lipinski definition) is 2. The van der Waals surface area contributed by atoms with Crippen molar-refractivity contribution >= 4 is 11.7 Å². The largest absolute Gasteiger partial charge is 0.351 e. The molecule has 24 heavy (non-hydrogen) atoms. The lowest BCUT2D eigenvalue weighted by molar-refractivity contribution is -0.134. The van der Waals surface area contributed by atoms with Gasteiger partial charge in [-0.05, 0) is 32.1 Å². The normalized spacial score (nSPS) is 13.0. The van der Waals surface area contributed by atoms with E-state index in [1.807, 2.05) is 62.3 Å². The van der Waals surface area contributed by atoms with Crippen LogP contribution in [0.4, 0.5) is 0 Å². The molecule has 0 aromatic carbocycles. The fourth-order valence-electron chi connectivity index (χ4n) is 3.61. The van der Waals surface area contributed by atoms with Gasteiger partial charge in [-0.15, -0.1) is 0 Å². The van der Waals surface area contributed by atoms with E-state index >= 15 is 0 Å². The number of amides is 1. The number of Topliss-reactive ketones (excluding diaryl/α,β-unsaturated/α-hetero) is 1. The van der Waals surface area contributed by atoms with Gasteiger partial charge in [-0.3, -0.25) is 9.59 Å². The van der Waals surface area contributed by atoms with Crippen LogP contribution in [0.25, 0.3) is 0 Å². The maximum absolute atomic E-state index is 12.7. The van der Waals surface area contributed by atoms with Crippen molar-refractivity contribution in [1.82, 2.24) is 5.32 Å². The fourth-order valence-corrected chi connectivity index (χ4v) is 3.61. The van der Waals surface area contributed by atoms with Gasteiger partial charge < -0.3 is 5.32 Å². The zero-order valence-corrected chi connectivity index (χ0v) is 18.4. The molecule has 3 nitrogen and oxygen atoms in total. The summed E-state index contributed by atoms with van der Waals surface area (Å²) in [6.45, 7) is 24.3. The summed E-state index contributed by atoms with van der Waals surface area (Å²) in [5.41, 5.74) is -1.14. The van der Waals surface area contributed by atoms with Crippen LogP contribution in [-0.2, 0) is 9.59 Å². The lowest BCUT2D eigenvalue weighted by Crippen LogP contribution is -2.52. The summed E-state index contributed by atoms with van der Waals surface area (Å²) < 4.78 is 0. The van der Waals surface area contributed by atoms with Crippen molar-refractivity contribution in [3.63, 3.8) is 0 Å². The molecule has 0 spiro atoms. The molecule has 1 N–H and O–H groups in total. The second-order valence-corrected chi connectivity index (χ2v) is 9.80. The van der Waals surface area contributed by atoms with Crippen LogP contribution in [-0.4, -0.2) is 17.2 Å². The number of carbonyl (C=O) groups excluding carboxylic acids is 2. The Labute approximate surface area is 151 Å². The first-order chi connectivity index (χ1) is 10.5.